The predicted molar refractivity (Wildman–Crippen MR) is 210 cm³/mol. The highest BCUT2D eigenvalue weighted by atomic mass is 80.9. The van der Waals surface area contributed by atoms with Gasteiger partial charge in [-0.25, -0.2) is 19.3 Å². The molecule has 20 heteroatoms. The van der Waals surface area contributed by atoms with Crippen LogP contribution in [-0.2, 0) is 14.1 Å². The largest absolute Gasteiger partial charge is 0.248 e. The minimum absolute atomic E-state index is 0.309. The predicted octanol–water partition coefficient (Wildman–Crippen LogP) is 14.8. The van der Waals surface area contributed by atoms with E-state index in [-0.39, 0.29) is 0 Å². The second kappa shape index (κ2) is 16.9. The molecule has 0 bridgehead atoms. The molecule has 0 aliphatic heterocycles. The summed E-state index contributed by atoms with van der Waals surface area (Å²) in [6.45, 7) is 0. The number of hydrogen-bond acceptors (Lipinski definition) is 6. The smallest absolute Gasteiger partial charge is 0.184 e. The first-order chi connectivity index (χ1) is 21.8. The number of benzene rings is 2. The van der Waals surface area contributed by atoms with Crippen LogP contribution in [0.4, 0.5) is 0 Å². The lowest BCUT2D eigenvalue weighted by molar-refractivity contribution is 0.779. The minimum atomic E-state index is 0.309. The Morgan fingerprint density at radius 3 is 1.26 bits per heavy atom. The molecule has 0 spiro atoms. The van der Waals surface area contributed by atoms with Gasteiger partial charge in [-0.1, -0.05) is 117 Å². The molecule has 2 aromatic carbocycles. The third-order valence-corrected chi connectivity index (χ3v) is 12.8. The Morgan fingerprint density at radius 1 is 0.565 bits per heavy atom. The molecule has 6 nitrogen and oxygen atoms in total. The summed E-state index contributed by atoms with van der Waals surface area (Å²) in [7, 11) is 3.52. The van der Waals surface area contributed by atoms with Crippen LogP contribution in [0, 0.1) is 0 Å². The maximum absolute atomic E-state index is 6.25. The van der Waals surface area contributed by atoms with Crippen molar-refractivity contribution in [3.63, 3.8) is 0 Å². The molecule has 6 rings (SSSR count). The van der Waals surface area contributed by atoms with E-state index in [1.54, 1.807) is 59.9 Å². The molecule has 0 unspecified atom stereocenters. The first kappa shape index (κ1) is 39.0. The molecule has 46 heavy (non-hydrogen) atoms. The zero-order valence-corrected chi connectivity index (χ0v) is 35.7. The van der Waals surface area contributed by atoms with Crippen molar-refractivity contribution >= 4 is 171 Å². The summed E-state index contributed by atoms with van der Waals surface area (Å²) in [4.78, 5) is 10.4. The normalized spacial score (nSPS) is 10.8. The maximum atomic E-state index is 6.25. The Kier molecular flexibility index (Phi) is 14.3. The zero-order valence-electron chi connectivity index (χ0n) is 22.5. The number of rotatable bonds is 4. The van der Waals surface area contributed by atoms with Crippen LogP contribution in [0.1, 0.15) is 0 Å². The fourth-order valence-corrected chi connectivity index (χ4v) is 9.02. The Morgan fingerprint density at radius 2 is 0.935 bits per heavy atom. The monoisotopic (exact) mass is 1020 g/mol. The van der Waals surface area contributed by atoms with Crippen molar-refractivity contribution in [3.05, 3.63) is 84.7 Å². The van der Waals surface area contributed by atoms with Crippen molar-refractivity contribution in [2.75, 3.05) is 0 Å². The van der Waals surface area contributed by atoms with Gasteiger partial charge in [0.2, 0.25) is 0 Å². The first-order valence-electron chi connectivity index (χ1n) is 11.9. The highest BCUT2D eigenvalue weighted by Crippen LogP contribution is 2.47. The van der Waals surface area contributed by atoms with Crippen LogP contribution < -0.4 is 0 Å². The molecule has 6 aromatic rings. The molecule has 0 radical (unpaired) electrons. The maximum Gasteiger partial charge on any atom is 0.184 e. The van der Waals surface area contributed by atoms with E-state index < -0.39 is 0 Å². The zero-order chi connectivity index (χ0) is 34.0. The van der Waals surface area contributed by atoms with Gasteiger partial charge in [-0.3, -0.25) is 0 Å². The van der Waals surface area contributed by atoms with Crippen LogP contribution in [0.25, 0.3) is 44.2 Å². The van der Waals surface area contributed by atoms with Crippen molar-refractivity contribution in [3.8, 4) is 44.2 Å². The topological polar surface area (TPSA) is 61.4 Å². The molecule has 0 N–H and O–H groups in total. The molecule has 0 atom stereocenters. The van der Waals surface area contributed by atoms with Gasteiger partial charge in [0.05, 0.1) is 64.8 Å². The molecular weight excluding hydrogens is 1020 g/mol. The molecule has 0 aliphatic carbocycles. The lowest BCUT2D eigenvalue weighted by Gasteiger charge is -2.01. The van der Waals surface area contributed by atoms with E-state index in [9.17, 15) is 0 Å². The molecule has 0 amide bonds. The number of nitrogens with zero attached hydrogens (tertiary/aromatic N) is 6. The van der Waals surface area contributed by atoms with Gasteiger partial charge in [0.1, 0.15) is 4.34 Å². The van der Waals surface area contributed by atoms with Crippen molar-refractivity contribution in [1.82, 2.24) is 29.5 Å². The van der Waals surface area contributed by atoms with Crippen LogP contribution in [0.3, 0.4) is 0 Å². The number of thiophene rings is 2. The second-order valence-electron chi connectivity index (χ2n) is 8.62. The van der Waals surface area contributed by atoms with Crippen LogP contribution >= 0.6 is 171 Å². The molecule has 0 fully saturated rings. The van der Waals surface area contributed by atoms with E-state index >= 15 is 0 Å². The fraction of sp³-hybridized carbons (Fsp3) is 0.0769. The van der Waals surface area contributed by atoms with E-state index in [1.807, 2.05) is 0 Å². The Labute approximate surface area is 339 Å². The van der Waals surface area contributed by atoms with Crippen LogP contribution in [0.15, 0.2) is 40.2 Å². The lowest BCUT2D eigenvalue weighted by atomic mass is 10.2. The van der Waals surface area contributed by atoms with Gasteiger partial charge >= 0.3 is 0 Å². The molecule has 0 saturated heterocycles. The SMILES string of the molecule is BrBr.Cn1nc(-c2c(Cl)cccc2Cl)nc1-c1sc(Br)c(Cl)c1Cl.Cn1nc(-c2c(Cl)cccc2Cl)nc1-c1sc(Cl)c(Cl)c1Cl. The first-order valence-corrected chi connectivity index (χ1v) is 21.5. The second-order valence-corrected chi connectivity index (χ2v) is 15.7. The summed E-state index contributed by atoms with van der Waals surface area (Å²) in [5.41, 5.74) is 1.16. The number of aromatic nitrogens is 6. The fourth-order valence-electron chi connectivity index (χ4n) is 3.82. The van der Waals surface area contributed by atoms with Crippen molar-refractivity contribution in [2.45, 2.75) is 0 Å². The van der Waals surface area contributed by atoms with Gasteiger partial charge < -0.3 is 0 Å². The van der Waals surface area contributed by atoms with Crippen molar-refractivity contribution in [1.29, 1.82) is 0 Å². The van der Waals surface area contributed by atoms with Gasteiger partial charge in [0, 0.05) is 42.4 Å². The summed E-state index contributed by atoms with van der Waals surface area (Å²) in [6, 6.07) is 10.5. The van der Waals surface area contributed by atoms with E-state index in [2.05, 4.69) is 64.4 Å². The average molecular weight is 1030 g/mol. The Bertz CT molecular complexity index is 1860. The van der Waals surface area contributed by atoms with Gasteiger partial charge in [-0.05, 0) is 40.2 Å². The summed E-state index contributed by atoms with van der Waals surface area (Å²) in [5, 5.41) is 12.2. The molecule has 4 aromatic heterocycles. The van der Waals surface area contributed by atoms with E-state index in [4.69, 9.17) is 104 Å². The van der Waals surface area contributed by atoms with E-state index in [1.165, 1.54) is 22.7 Å². The van der Waals surface area contributed by atoms with E-state index in [0.29, 0.717) is 83.8 Å². The van der Waals surface area contributed by atoms with Crippen molar-refractivity contribution in [2.24, 2.45) is 14.1 Å². The van der Waals surface area contributed by atoms with Crippen LogP contribution in [0.2, 0.25) is 44.5 Å². The van der Waals surface area contributed by atoms with E-state index in [0.717, 1.165) is 8.66 Å². The Balaban J connectivity index is 0.000000198. The molecule has 4 heterocycles. The molecule has 0 aliphatic rings. The summed E-state index contributed by atoms with van der Waals surface area (Å²) >= 11 is 66.9. The number of hydrogen-bond donors (Lipinski definition) is 0. The minimum Gasteiger partial charge on any atom is -0.248 e. The summed E-state index contributed by atoms with van der Waals surface area (Å²) in [6.07, 6.45) is 0. The summed E-state index contributed by atoms with van der Waals surface area (Å²) < 4.78 is 4.35. The summed E-state index contributed by atoms with van der Waals surface area (Å²) in [5.74, 6) is 1.97. The third-order valence-electron chi connectivity index (χ3n) is 5.82. The van der Waals surface area contributed by atoms with Crippen LogP contribution in [-0.4, -0.2) is 29.5 Å². The van der Waals surface area contributed by atoms with Gasteiger partial charge in [0.25, 0.3) is 0 Å². The van der Waals surface area contributed by atoms with Crippen molar-refractivity contribution < 1.29 is 0 Å². The van der Waals surface area contributed by atoms with Crippen LogP contribution in [0.5, 0.6) is 0 Å². The number of halogens is 12. The molecular formula is C26H12Br3Cl9N6S2. The third kappa shape index (κ3) is 8.20. The highest BCUT2D eigenvalue weighted by Gasteiger charge is 2.23. The standard InChI is InChI=1S/C13H6BrCl4N3S.C13H6Cl5N3S.Br2/c1-21-13(10-8(17)9(18)11(14)22-10)19-12(20-21)7-5(15)3-2-4-6(7)16;1-21-13(10-8(16)9(17)11(18)22-10)19-12(20-21)7-5(14)3-2-4-6(7)15;1-2/h2*2-4H,1H3;. The average Bonchev–Trinajstić information content (AvgIpc) is 3.72. The quantitative estimate of drug-likeness (QED) is 0.177. The lowest BCUT2D eigenvalue weighted by Crippen LogP contribution is -1.93. The number of aryl methyl sites for hydroxylation is 2. The molecule has 242 valence electrons. The Hall–Kier alpha value is 0.170. The molecule has 0 saturated carbocycles. The highest BCUT2D eigenvalue weighted by molar-refractivity contribution is 9.93. The van der Waals surface area contributed by atoms with Gasteiger partial charge in [0.15, 0.2) is 23.3 Å². The van der Waals surface area contributed by atoms with Gasteiger partial charge in [-0.2, -0.15) is 10.2 Å². The van der Waals surface area contributed by atoms with Gasteiger partial charge in [-0.15, -0.1) is 22.7 Å².